The van der Waals surface area contributed by atoms with Crippen molar-refractivity contribution in [1.29, 1.82) is 0 Å². The zero-order valence-corrected chi connectivity index (χ0v) is 7.93. The van der Waals surface area contributed by atoms with Crippen LogP contribution in [0, 0.1) is 17.0 Å². The lowest BCUT2D eigenvalue weighted by atomic mass is 10.2. The summed E-state index contributed by atoms with van der Waals surface area (Å²) in [6, 6.07) is 4.72. The van der Waals surface area contributed by atoms with E-state index in [2.05, 4.69) is 0 Å². The van der Waals surface area contributed by atoms with Gasteiger partial charge in [-0.2, -0.15) is 0 Å². The van der Waals surface area contributed by atoms with E-state index in [1.54, 1.807) is 19.1 Å². The molecule has 1 amide bonds. The first-order chi connectivity index (χ1) is 6.56. The van der Waals surface area contributed by atoms with Crippen LogP contribution in [-0.4, -0.2) is 18.4 Å². The lowest BCUT2D eigenvalue weighted by Crippen LogP contribution is -2.15. The van der Waals surface area contributed by atoms with Gasteiger partial charge in [0.05, 0.1) is 4.92 Å². The molecule has 0 aliphatic rings. The van der Waals surface area contributed by atoms with Crippen molar-refractivity contribution in [3.8, 4) is 0 Å². The van der Waals surface area contributed by atoms with E-state index in [4.69, 9.17) is 0 Å². The maximum atomic E-state index is 10.7. The van der Waals surface area contributed by atoms with Crippen molar-refractivity contribution in [3.05, 3.63) is 33.9 Å². The number of hydrogen-bond donors (Lipinski definition) is 0. The van der Waals surface area contributed by atoms with Gasteiger partial charge >= 0.3 is 0 Å². The number of rotatable bonds is 3. The number of anilines is 1. The number of benzene rings is 1. The Morgan fingerprint density at radius 1 is 1.50 bits per heavy atom. The average Bonchev–Trinajstić information content (AvgIpc) is 2.16. The Morgan fingerprint density at radius 2 is 2.14 bits per heavy atom. The van der Waals surface area contributed by atoms with Crippen molar-refractivity contribution in [2.24, 2.45) is 0 Å². The van der Waals surface area contributed by atoms with Crippen LogP contribution in [0.5, 0.6) is 0 Å². The summed E-state index contributed by atoms with van der Waals surface area (Å²) in [4.78, 5) is 21.8. The molecule has 1 aromatic carbocycles. The number of nitrogens with zero attached hydrogens (tertiary/aromatic N) is 2. The largest absolute Gasteiger partial charge is 0.312 e. The molecule has 5 heteroatoms. The van der Waals surface area contributed by atoms with E-state index in [9.17, 15) is 14.9 Å². The minimum atomic E-state index is -0.498. The molecule has 0 spiro atoms. The Kier molecular flexibility index (Phi) is 2.81. The van der Waals surface area contributed by atoms with Crippen molar-refractivity contribution in [2.45, 2.75) is 6.92 Å². The SMILES string of the molecule is Cc1ccc(N(C)C=O)c([N+](=O)[O-])c1. The van der Waals surface area contributed by atoms with Crippen LogP contribution < -0.4 is 4.90 Å². The van der Waals surface area contributed by atoms with Crippen molar-refractivity contribution in [1.82, 2.24) is 0 Å². The third-order valence-electron chi connectivity index (χ3n) is 1.87. The van der Waals surface area contributed by atoms with E-state index in [0.29, 0.717) is 12.1 Å². The second kappa shape index (κ2) is 3.87. The smallest absolute Gasteiger partial charge is 0.293 e. The van der Waals surface area contributed by atoms with Crippen molar-refractivity contribution >= 4 is 17.8 Å². The van der Waals surface area contributed by atoms with Crippen LogP contribution in [0.2, 0.25) is 0 Å². The molecule has 5 nitrogen and oxygen atoms in total. The van der Waals surface area contributed by atoms with Crippen molar-refractivity contribution < 1.29 is 9.72 Å². The molecule has 1 rings (SSSR count). The highest BCUT2D eigenvalue weighted by molar-refractivity contribution is 5.80. The van der Waals surface area contributed by atoms with Crippen LogP contribution in [0.1, 0.15) is 5.56 Å². The molecule has 1 aromatic rings. The molecule has 0 aliphatic carbocycles. The van der Waals surface area contributed by atoms with E-state index in [-0.39, 0.29) is 5.69 Å². The maximum absolute atomic E-state index is 10.7. The predicted octanol–water partition coefficient (Wildman–Crippen LogP) is 1.50. The lowest BCUT2D eigenvalue weighted by molar-refractivity contribution is -0.384. The number of nitro groups is 1. The standard InChI is InChI=1S/C9H10N2O3/c1-7-3-4-8(10(2)6-12)9(5-7)11(13)14/h3-6H,1-2H3. The minimum Gasteiger partial charge on any atom is -0.312 e. The van der Waals surface area contributed by atoms with Crippen molar-refractivity contribution in [3.63, 3.8) is 0 Å². The summed E-state index contributed by atoms with van der Waals surface area (Å²) >= 11 is 0. The second-order valence-electron chi connectivity index (χ2n) is 2.97. The van der Waals surface area contributed by atoms with Gasteiger partial charge in [-0.15, -0.1) is 0 Å². The lowest BCUT2D eigenvalue weighted by Gasteiger charge is -2.10. The molecule has 0 unspecified atom stereocenters. The highest BCUT2D eigenvalue weighted by Gasteiger charge is 2.16. The predicted molar refractivity (Wildman–Crippen MR) is 52.3 cm³/mol. The second-order valence-corrected chi connectivity index (χ2v) is 2.97. The van der Waals surface area contributed by atoms with Gasteiger partial charge in [0, 0.05) is 13.1 Å². The monoisotopic (exact) mass is 194 g/mol. The fourth-order valence-corrected chi connectivity index (χ4v) is 1.13. The third-order valence-corrected chi connectivity index (χ3v) is 1.87. The first-order valence-electron chi connectivity index (χ1n) is 3.99. The van der Waals surface area contributed by atoms with Crippen LogP contribution in [0.25, 0.3) is 0 Å². The van der Waals surface area contributed by atoms with E-state index >= 15 is 0 Å². The molecule has 0 radical (unpaired) electrons. The summed E-state index contributed by atoms with van der Waals surface area (Å²) in [6.45, 7) is 1.76. The average molecular weight is 194 g/mol. The van der Waals surface area contributed by atoms with E-state index in [1.807, 2.05) is 0 Å². The Morgan fingerprint density at radius 3 is 2.64 bits per heavy atom. The Labute approximate surface area is 81.1 Å². The van der Waals surface area contributed by atoms with Crippen molar-refractivity contribution in [2.75, 3.05) is 11.9 Å². The molecule has 0 heterocycles. The molecule has 0 aromatic heterocycles. The van der Waals surface area contributed by atoms with E-state index < -0.39 is 4.92 Å². The highest BCUT2D eigenvalue weighted by atomic mass is 16.6. The fraction of sp³-hybridized carbons (Fsp3) is 0.222. The first kappa shape index (κ1) is 10.2. The molecular formula is C9H10N2O3. The Balaban J connectivity index is 3.28. The zero-order chi connectivity index (χ0) is 10.7. The normalized spacial score (nSPS) is 9.57. The molecule has 0 bridgehead atoms. The van der Waals surface area contributed by atoms with Gasteiger partial charge in [0.2, 0.25) is 6.41 Å². The molecule has 0 aliphatic heterocycles. The number of carbonyl (C=O) groups excluding carboxylic acids is 1. The van der Waals surface area contributed by atoms with Crippen LogP contribution in [0.15, 0.2) is 18.2 Å². The van der Waals surface area contributed by atoms with Gasteiger partial charge in [-0.05, 0) is 18.6 Å². The van der Waals surface area contributed by atoms with Gasteiger partial charge < -0.3 is 4.90 Å². The molecule has 0 saturated heterocycles. The summed E-state index contributed by atoms with van der Waals surface area (Å²) in [6.07, 6.45) is 0.539. The van der Waals surface area contributed by atoms with Crippen LogP contribution in [0.4, 0.5) is 11.4 Å². The fourth-order valence-electron chi connectivity index (χ4n) is 1.13. The number of aryl methyl sites for hydroxylation is 1. The van der Waals surface area contributed by atoms with E-state index in [0.717, 1.165) is 5.56 Å². The van der Waals surface area contributed by atoms with Gasteiger partial charge in [0.1, 0.15) is 5.69 Å². The topological polar surface area (TPSA) is 63.5 Å². The molecule has 0 fully saturated rings. The Hall–Kier alpha value is -1.91. The zero-order valence-electron chi connectivity index (χ0n) is 7.93. The summed E-state index contributed by atoms with van der Waals surface area (Å²) in [5, 5.41) is 10.7. The Bertz CT molecular complexity index is 376. The van der Waals surface area contributed by atoms with Gasteiger partial charge in [-0.25, -0.2) is 0 Å². The van der Waals surface area contributed by atoms with Gasteiger partial charge in [0.15, 0.2) is 0 Å². The summed E-state index contributed by atoms with van der Waals surface area (Å²) in [5.41, 5.74) is 1.04. The minimum absolute atomic E-state index is 0.0559. The summed E-state index contributed by atoms with van der Waals surface area (Å²) < 4.78 is 0. The number of amides is 1. The molecule has 0 atom stereocenters. The maximum Gasteiger partial charge on any atom is 0.293 e. The molecule has 0 saturated carbocycles. The quantitative estimate of drug-likeness (QED) is 0.416. The number of nitro benzene ring substituents is 1. The highest BCUT2D eigenvalue weighted by Crippen LogP contribution is 2.27. The molecular weight excluding hydrogens is 184 g/mol. The van der Waals surface area contributed by atoms with E-state index in [1.165, 1.54) is 18.0 Å². The van der Waals surface area contributed by atoms with Gasteiger partial charge in [-0.1, -0.05) is 6.07 Å². The molecule has 0 N–H and O–H groups in total. The summed E-state index contributed by atoms with van der Waals surface area (Å²) in [5.74, 6) is 0. The van der Waals surface area contributed by atoms with Crippen LogP contribution in [-0.2, 0) is 4.79 Å². The molecule has 14 heavy (non-hydrogen) atoms. The number of carbonyl (C=O) groups is 1. The van der Waals surface area contributed by atoms with Crippen LogP contribution in [0.3, 0.4) is 0 Å². The third kappa shape index (κ3) is 1.87. The molecule has 74 valence electrons. The first-order valence-corrected chi connectivity index (χ1v) is 3.99. The van der Waals surface area contributed by atoms with Gasteiger partial charge in [-0.3, -0.25) is 14.9 Å². The van der Waals surface area contributed by atoms with Crippen LogP contribution >= 0.6 is 0 Å². The number of hydrogen-bond acceptors (Lipinski definition) is 3. The van der Waals surface area contributed by atoms with Gasteiger partial charge in [0.25, 0.3) is 5.69 Å². The summed E-state index contributed by atoms with van der Waals surface area (Å²) in [7, 11) is 1.48.